The minimum absolute atomic E-state index is 0.393. The van der Waals surface area contributed by atoms with Crippen LogP contribution in [-0.2, 0) is 22.7 Å². The van der Waals surface area contributed by atoms with Crippen LogP contribution in [0.5, 0.6) is 0 Å². The highest BCUT2D eigenvalue weighted by atomic mass is 16.5. The summed E-state index contributed by atoms with van der Waals surface area (Å²) in [5, 5.41) is 8.64. The van der Waals surface area contributed by atoms with E-state index >= 15 is 0 Å². The molecule has 4 nitrogen and oxygen atoms in total. The lowest BCUT2D eigenvalue weighted by atomic mass is 10.1. The first-order valence-corrected chi connectivity index (χ1v) is 5.85. The molecular weight excluding hydrogens is 244 g/mol. The molecule has 1 heterocycles. The molecule has 0 spiro atoms. The van der Waals surface area contributed by atoms with Gasteiger partial charge in [0.2, 0.25) is 0 Å². The summed E-state index contributed by atoms with van der Waals surface area (Å²) in [6, 6.07) is 11.2. The van der Waals surface area contributed by atoms with Crippen molar-refractivity contribution in [1.82, 2.24) is 0 Å². The van der Waals surface area contributed by atoms with E-state index in [2.05, 4.69) is 0 Å². The van der Waals surface area contributed by atoms with E-state index in [1.807, 2.05) is 36.4 Å². The number of ether oxygens (including phenoxy) is 1. The van der Waals surface area contributed by atoms with E-state index in [4.69, 9.17) is 14.3 Å². The summed E-state index contributed by atoms with van der Waals surface area (Å²) in [4.78, 5) is 10.5. The molecule has 0 atom stereocenters. The summed E-state index contributed by atoms with van der Waals surface area (Å²) in [5.74, 6) is -0.204. The van der Waals surface area contributed by atoms with Gasteiger partial charge in [0.05, 0.1) is 12.9 Å². The molecule has 1 N–H and O–H groups in total. The van der Waals surface area contributed by atoms with Crippen LogP contribution in [-0.4, -0.2) is 11.1 Å². The molecule has 1 aromatic carbocycles. The van der Waals surface area contributed by atoms with Gasteiger partial charge in [0.1, 0.15) is 12.4 Å². The molecule has 0 saturated carbocycles. The number of carboxylic acids is 1. The summed E-state index contributed by atoms with van der Waals surface area (Å²) in [6.07, 6.45) is 4.28. The van der Waals surface area contributed by atoms with Crippen LogP contribution < -0.4 is 0 Å². The zero-order chi connectivity index (χ0) is 13.5. The van der Waals surface area contributed by atoms with Crippen molar-refractivity contribution in [3.8, 4) is 0 Å². The molecule has 0 aliphatic carbocycles. The fraction of sp³-hybridized carbons (Fsp3) is 0.133. The fourth-order valence-electron chi connectivity index (χ4n) is 1.65. The standard InChI is InChI=1S/C15H14O4/c16-15(17)8-7-12-4-1-2-5-13(12)10-18-11-14-6-3-9-19-14/h1-9H,10-11H2,(H,16,17)/b8-7+. The average molecular weight is 258 g/mol. The Kier molecular flexibility index (Phi) is 4.53. The van der Waals surface area contributed by atoms with Gasteiger partial charge in [0, 0.05) is 6.08 Å². The lowest BCUT2D eigenvalue weighted by molar-refractivity contribution is -0.131. The summed E-state index contributed by atoms with van der Waals surface area (Å²) in [6.45, 7) is 0.796. The molecule has 0 unspecified atom stereocenters. The summed E-state index contributed by atoms with van der Waals surface area (Å²) in [7, 11) is 0. The van der Waals surface area contributed by atoms with Crippen molar-refractivity contribution in [2.45, 2.75) is 13.2 Å². The highest BCUT2D eigenvalue weighted by Gasteiger charge is 2.01. The monoisotopic (exact) mass is 258 g/mol. The third-order valence-electron chi connectivity index (χ3n) is 2.54. The Morgan fingerprint density at radius 2 is 2.05 bits per heavy atom. The van der Waals surface area contributed by atoms with Gasteiger partial charge in [-0.15, -0.1) is 0 Å². The lowest BCUT2D eigenvalue weighted by Gasteiger charge is -2.06. The number of carbonyl (C=O) groups is 1. The Balaban J connectivity index is 1.97. The quantitative estimate of drug-likeness (QED) is 0.809. The van der Waals surface area contributed by atoms with Crippen LogP contribution in [0.15, 0.2) is 53.2 Å². The number of rotatable bonds is 6. The molecule has 0 bridgehead atoms. The third kappa shape index (κ3) is 4.12. The highest BCUT2D eigenvalue weighted by Crippen LogP contribution is 2.13. The molecule has 0 saturated heterocycles. The van der Waals surface area contributed by atoms with Gasteiger partial charge in [-0.3, -0.25) is 0 Å². The number of furan rings is 1. The topological polar surface area (TPSA) is 59.7 Å². The van der Waals surface area contributed by atoms with E-state index < -0.39 is 5.97 Å². The van der Waals surface area contributed by atoms with Crippen LogP contribution in [0.2, 0.25) is 0 Å². The molecule has 4 heteroatoms. The van der Waals surface area contributed by atoms with Crippen LogP contribution in [0, 0.1) is 0 Å². The highest BCUT2D eigenvalue weighted by molar-refractivity contribution is 5.85. The Morgan fingerprint density at radius 1 is 1.21 bits per heavy atom. The van der Waals surface area contributed by atoms with Crippen molar-refractivity contribution >= 4 is 12.0 Å². The number of benzene rings is 1. The molecular formula is C15H14O4. The first-order chi connectivity index (χ1) is 9.25. The van der Waals surface area contributed by atoms with Gasteiger partial charge >= 0.3 is 5.97 Å². The summed E-state index contributed by atoms with van der Waals surface area (Å²) >= 11 is 0. The minimum atomic E-state index is -0.966. The Morgan fingerprint density at radius 3 is 2.79 bits per heavy atom. The van der Waals surface area contributed by atoms with Gasteiger partial charge in [-0.05, 0) is 29.3 Å². The maximum atomic E-state index is 10.5. The van der Waals surface area contributed by atoms with Crippen molar-refractivity contribution in [2.75, 3.05) is 0 Å². The van der Waals surface area contributed by atoms with Crippen LogP contribution in [0.4, 0.5) is 0 Å². The normalized spacial score (nSPS) is 10.9. The van der Waals surface area contributed by atoms with E-state index in [1.54, 1.807) is 12.3 Å². The maximum absolute atomic E-state index is 10.5. The molecule has 0 amide bonds. The minimum Gasteiger partial charge on any atom is -0.478 e. The first kappa shape index (κ1) is 13.1. The predicted molar refractivity (Wildman–Crippen MR) is 70.3 cm³/mol. The molecule has 2 aromatic rings. The van der Waals surface area contributed by atoms with Crippen molar-refractivity contribution in [1.29, 1.82) is 0 Å². The van der Waals surface area contributed by atoms with Crippen molar-refractivity contribution < 1.29 is 19.1 Å². The van der Waals surface area contributed by atoms with Crippen molar-refractivity contribution in [2.24, 2.45) is 0 Å². The molecule has 1 aromatic heterocycles. The van der Waals surface area contributed by atoms with E-state index in [1.165, 1.54) is 0 Å². The molecule has 0 aliphatic rings. The van der Waals surface area contributed by atoms with Gasteiger partial charge in [-0.1, -0.05) is 24.3 Å². The van der Waals surface area contributed by atoms with E-state index in [9.17, 15) is 4.79 Å². The summed E-state index contributed by atoms with van der Waals surface area (Å²) < 4.78 is 10.7. The Bertz CT molecular complexity index is 555. The van der Waals surface area contributed by atoms with Crippen LogP contribution in [0.25, 0.3) is 6.08 Å². The van der Waals surface area contributed by atoms with E-state index in [0.717, 1.165) is 23.0 Å². The molecule has 98 valence electrons. The summed E-state index contributed by atoms with van der Waals surface area (Å²) in [5.41, 5.74) is 1.77. The molecule has 19 heavy (non-hydrogen) atoms. The smallest absolute Gasteiger partial charge is 0.328 e. The molecule has 0 aliphatic heterocycles. The lowest BCUT2D eigenvalue weighted by Crippen LogP contribution is -1.96. The first-order valence-electron chi connectivity index (χ1n) is 5.85. The van der Waals surface area contributed by atoms with Crippen LogP contribution in [0.3, 0.4) is 0 Å². The zero-order valence-corrected chi connectivity index (χ0v) is 10.3. The van der Waals surface area contributed by atoms with Crippen LogP contribution in [0.1, 0.15) is 16.9 Å². The fourth-order valence-corrected chi connectivity index (χ4v) is 1.65. The third-order valence-corrected chi connectivity index (χ3v) is 2.54. The maximum Gasteiger partial charge on any atom is 0.328 e. The number of carboxylic acid groups (broad SMARTS) is 1. The predicted octanol–water partition coefficient (Wildman–Crippen LogP) is 3.09. The SMILES string of the molecule is O=C(O)/C=C/c1ccccc1COCc1ccco1. The Hall–Kier alpha value is -2.33. The van der Waals surface area contributed by atoms with Gasteiger partial charge in [-0.2, -0.15) is 0 Å². The van der Waals surface area contributed by atoms with Crippen molar-refractivity contribution in [3.63, 3.8) is 0 Å². The number of hydrogen-bond donors (Lipinski definition) is 1. The molecule has 0 radical (unpaired) electrons. The zero-order valence-electron chi connectivity index (χ0n) is 10.3. The second-order valence-electron chi connectivity index (χ2n) is 3.94. The van der Waals surface area contributed by atoms with E-state index in [0.29, 0.717) is 13.2 Å². The number of aliphatic carboxylic acids is 1. The molecule has 0 fully saturated rings. The van der Waals surface area contributed by atoms with Gasteiger partial charge in [-0.25, -0.2) is 4.79 Å². The van der Waals surface area contributed by atoms with Gasteiger partial charge in [0.15, 0.2) is 0 Å². The van der Waals surface area contributed by atoms with Gasteiger partial charge in [0.25, 0.3) is 0 Å². The largest absolute Gasteiger partial charge is 0.478 e. The van der Waals surface area contributed by atoms with Crippen LogP contribution >= 0.6 is 0 Å². The van der Waals surface area contributed by atoms with E-state index in [-0.39, 0.29) is 0 Å². The second-order valence-corrected chi connectivity index (χ2v) is 3.94. The second kappa shape index (κ2) is 6.56. The molecule has 2 rings (SSSR count). The average Bonchev–Trinajstić information content (AvgIpc) is 2.91. The Labute approximate surface area is 110 Å². The van der Waals surface area contributed by atoms with Gasteiger partial charge < -0.3 is 14.3 Å². The van der Waals surface area contributed by atoms with Crippen molar-refractivity contribution in [3.05, 3.63) is 65.6 Å². The number of hydrogen-bond acceptors (Lipinski definition) is 3.